The van der Waals surface area contributed by atoms with Crippen LogP contribution in [0.2, 0.25) is 0 Å². The Bertz CT molecular complexity index is 928. The van der Waals surface area contributed by atoms with Crippen molar-refractivity contribution in [3.63, 3.8) is 0 Å². The normalized spacial score (nSPS) is 9.96. The second-order valence-corrected chi connectivity index (χ2v) is 5.07. The van der Waals surface area contributed by atoms with E-state index in [1.54, 1.807) is 55.0 Å². The summed E-state index contributed by atoms with van der Waals surface area (Å²) in [6.07, 6.45) is 6.39. The van der Waals surface area contributed by atoms with Crippen LogP contribution in [0.5, 0.6) is 0 Å². The summed E-state index contributed by atoms with van der Waals surface area (Å²) in [6.45, 7) is 0. The van der Waals surface area contributed by atoms with Gasteiger partial charge in [0.2, 0.25) is 0 Å². The Morgan fingerprint density at radius 3 is 2.58 bits per heavy atom. The number of rotatable bonds is 4. The number of hydrogen-bond acceptors (Lipinski definition) is 6. The first-order valence-electron chi connectivity index (χ1n) is 7.19. The molecule has 0 spiro atoms. The Balaban J connectivity index is 1.95. The Morgan fingerprint density at radius 1 is 1.08 bits per heavy atom. The first-order chi connectivity index (χ1) is 11.7. The van der Waals surface area contributed by atoms with E-state index in [0.29, 0.717) is 28.2 Å². The standard InChI is InChI=1S/C18H14N6/c19-10-13-11-23-8-5-17(13)24-14-1-2-16(20)15(9-14)18(21)12-3-6-22-7-4-12/h1-9,11,21H,20H2,(H,23,24). The molecule has 0 saturated heterocycles. The molecule has 6 heteroatoms. The van der Waals surface area contributed by atoms with Gasteiger partial charge in [-0.2, -0.15) is 5.26 Å². The second kappa shape index (κ2) is 6.58. The Hall–Kier alpha value is -3.72. The van der Waals surface area contributed by atoms with Gasteiger partial charge < -0.3 is 11.1 Å². The fraction of sp³-hybridized carbons (Fsp3) is 0. The van der Waals surface area contributed by atoms with Gasteiger partial charge in [0.1, 0.15) is 6.07 Å². The van der Waals surface area contributed by atoms with Crippen molar-refractivity contribution in [3.05, 3.63) is 77.9 Å². The molecule has 0 aliphatic heterocycles. The fourth-order valence-electron chi connectivity index (χ4n) is 2.27. The molecule has 0 radical (unpaired) electrons. The summed E-state index contributed by atoms with van der Waals surface area (Å²) in [7, 11) is 0. The number of anilines is 3. The number of nitrogens with zero attached hydrogens (tertiary/aromatic N) is 3. The third-order valence-corrected chi connectivity index (χ3v) is 3.51. The van der Waals surface area contributed by atoms with Crippen LogP contribution in [-0.2, 0) is 0 Å². The molecular weight excluding hydrogens is 300 g/mol. The van der Waals surface area contributed by atoms with E-state index in [9.17, 15) is 0 Å². The van der Waals surface area contributed by atoms with Gasteiger partial charge >= 0.3 is 0 Å². The van der Waals surface area contributed by atoms with Gasteiger partial charge in [0.25, 0.3) is 0 Å². The third-order valence-electron chi connectivity index (χ3n) is 3.51. The summed E-state index contributed by atoms with van der Waals surface area (Å²) in [6, 6.07) is 12.7. The molecular formula is C18H14N6. The van der Waals surface area contributed by atoms with Crippen LogP contribution in [0.25, 0.3) is 0 Å². The molecule has 6 nitrogen and oxygen atoms in total. The van der Waals surface area contributed by atoms with Crippen molar-refractivity contribution >= 4 is 22.8 Å². The fourth-order valence-corrected chi connectivity index (χ4v) is 2.27. The maximum Gasteiger partial charge on any atom is 0.103 e. The maximum absolute atomic E-state index is 9.14. The Kier molecular flexibility index (Phi) is 4.17. The number of nitrogen functional groups attached to an aromatic ring is 1. The van der Waals surface area contributed by atoms with Crippen LogP contribution < -0.4 is 11.1 Å². The number of nitrogens with one attached hydrogen (secondary N) is 2. The molecule has 1 aromatic carbocycles. The molecule has 0 aliphatic carbocycles. The first kappa shape index (κ1) is 15.2. The molecule has 0 fully saturated rings. The summed E-state index contributed by atoms with van der Waals surface area (Å²) in [5, 5.41) is 20.7. The van der Waals surface area contributed by atoms with E-state index < -0.39 is 0 Å². The zero-order chi connectivity index (χ0) is 16.9. The molecule has 0 saturated carbocycles. The molecule has 0 atom stereocenters. The average Bonchev–Trinajstić information content (AvgIpc) is 2.64. The minimum Gasteiger partial charge on any atom is -0.398 e. The molecule has 3 aromatic rings. The van der Waals surface area contributed by atoms with E-state index in [2.05, 4.69) is 21.4 Å². The van der Waals surface area contributed by atoms with Crippen LogP contribution in [-0.4, -0.2) is 15.7 Å². The van der Waals surface area contributed by atoms with E-state index in [-0.39, 0.29) is 0 Å². The smallest absolute Gasteiger partial charge is 0.103 e. The topological polar surface area (TPSA) is 111 Å². The molecule has 0 bridgehead atoms. The van der Waals surface area contributed by atoms with Crippen molar-refractivity contribution in [3.8, 4) is 6.07 Å². The third kappa shape index (κ3) is 3.05. The summed E-state index contributed by atoms with van der Waals surface area (Å²) >= 11 is 0. The van der Waals surface area contributed by atoms with Gasteiger partial charge in [-0.1, -0.05) is 0 Å². The molecule has 24 heavy (non-hydrogen) atoms. The van der Waals surface area contributed by atoms with E-state index >= 15 is 0 Å². The molecule has 0 unspecified atom stereocenters. The van der Waals surface area contributed by atoms with Crippen LogP contribution in [0.4, 0.5) is 17.1 Å². The zero-order valence-corrected chi connectivity index (χ0v) is 12.7. The van der Waals surface area contributed by atoms with Gasteiger partial charge in [-0.3, -0.25) is 15.4 Å². The summed E-state index contributed by atoms with van der Waals surface area (Å²) in [5.74, 6) is 0. The number of aromatic nitrogens is 2. The highest BCUT2D eigenvalue weighted by atomic mass is 14.9. The maximum atomic E-state index is 9.14. The number of pyridine rings is 2. The lowest BCUT2D eigenvalue weighted by Gasteiger charge is -2.12. The lowest BCUT2D eigenvalue weighted by atomic mass is 10.0. The Morgan fingerprint density at radius 2 is 1.83 bits per heavy atom. The van der Waals surface area contributed by atoms with Gasteiger partial charge in [0.15, 0.2) is 0 Å². The zero-order valence-electron chi connectivity index (χ0n) is 12.7. The molecule has 3 rings (SSSR count). The van der Waals surface area contributed by atoms with Crippen molar-refractivity contribution in [2.75, 3.05) is 11.1 Å². The van der Waals surface area contributed by atoms with Gasteiger partial charge in [-0.15, -0.1) is 0 Å². The highest BCUT2D eigenvalue weighted by Crippen LogP contribution is 2.25. The molecule has 0 amide bonds. The van der Waals surface area contributed by atoms with E-state index in [0.717, 1.165) is 11.3 Å². The monoisotopic (exact) mass is 314 g/mol. The highest BCUT2D eigenvalue weighted by Gasteiger charge is 2.10. The van der Waals surface area contributed by atoms with Crippen LogP contribution >= 0.6 is 0 Å². The molecule has 116 valence electrons. The van der Waals surface area contributed by atoms with Gasteiger partial charge in [-0.05, 0) is 36.4 Å². The van der Waals surface area contributed by atoms with E-state index in [1.165, 1.54) is 6.20 Å². The molecule has 2 aromatic heterocycles. The predicted molar refractivity (Wildman–Crippen MR) is 93.3 cm³/mol. The number of nitrogens with two attached hydrogens (primary N) is 1. The Labute approximate surface area is 139 Å². The van der Waals surface area contributed by atoms with Crippen molar-refractivity contribution in [2.24, 2.45) is 0 Å². The van der Waals surface area contributed by atoms with Gasteiger partial charge in [0.05, 0.1) is 17.0 Å². The van der Waals surface area contributed by atoms with Crippen LogP contribution in [0.1, 0.15) is 16.7 Å². The molecule has 4 N–H and O–H groups in total. The van der Waals surface area contributed by atoms with E-state index in [1.807, 2.05) is 0 Å². The van der Waals surface area contributed by atoms with Crippen LogP contribution in [0, 0.1) is 16.7 Å². The average molecular weight is 314 g/mol. The predicted octanol–water partition coefficient (Wildman–Crippen LogP) is 3.09. The first-order valence-corrected chi connectivity index (χ1v) is 7.19. The highest BCUT2D eigenvalue weighted by molar-refractivity contribution is 6.14. The van der Waals surface area contributed by atoms with Crippen molar-refractivity contribution in [1.82, 2.24) is 9.97 Å². The van der Waals surface area contributed by atoms with Crippen molar-refractivity contribution in [1.29, 1.82) is 10.7 Å². The number of benzene rings is 1. The lowest BCUT2D eigenvalue weighted by molar-refractivity contribution is 1.30. The minimum absolute atomic E-state index is 0.314. The number of nitriles is 1. The van der Waals surface area contributed by atoms with Crippen LogP contribution in [0.15, 0.2) is 61.2 Å². The largest absolute Gasteiger partial charge is 0.398 e. The summed E-state index contributed by atoms with van der Waals surface area (Å²) in [5.41, 5.74) is 10.0. The molecule has 2 heterocycles. The summed E-state index contributed by atoms with van der Waals surface area (Å²) < 4.78 is 0. The molecule has 0 aliphatic rings. The minimum atomic E-state index is 0.314. The van der Waals surface area contributed by atoms with Gasteiger partial charge in [0, 0.05) is 47.3 Å². The SMILES string of the molecule is N#Cc1cnccc1Nc1ccc(N)c(C(=N)c2ccncc2)c1. The van der Waals surface area contributed by atoms with Gasteiger partial charge in [-0.25, -0.2) is 0 Å². The quantitative estimate of drug-likeness (QED) is 0.506. The van der Waals surface area contributed by atoms with Crippen LogP contribution in [0.3, 0.4) is 0 Å². The van der Waals surface area contributed by atoms with Crippen molar-refractivity contribution in [2.45, 2.75) is 0 Å². The summed E-state index contributed by atoms with van der Waals surface area (Å²) in [4.78, 5) is 7.89. The second-order valence-electron chi connectivity index (χ2n) is 5.07. The van der Waals surface area contributed by atoms with E-state index in [4.69, 9.17) is 16.4 Å². The lowest BCUT2D eigenvalue weighted by Crippen LogP contribution is -2.06. The number of hydrogen-bond donors (Lipinski definition) is 3. The van der Waals surface area contributed by atoms with Crippen molar-refractivity contribution < 1.29 is 0 Å².